The van der Waals surface area contributed by atoms with Crippen molar-refractivity contribution in [2.45, 2.75) is 12.8 Å². The number of terminal acetylenes is 1. The van der Waals surface area contributed by atoms with Crippen LogP contribution in [-0.4, -0.2) is 35.6 Å². The molecule has 100 valence electrons. The fourth-order valence-corrected chi connectivity index (χ4v) is 1.66. The van der Waals surface area contributed by atoms with E-state index < -0.39 is 0 Å². The van der Waals surface area contributed by atoms with Crippen LogP contribution in [0.5, 0.6) is 0 Å². The molecule has 0 saturated heterocycles. The summed E-state index contributed by atoms with van der Waals surface area (Å²) in [6.07, 6.45) is 9.78. The molecule has 0 fully saturated rings. The quantitative estimate of drug-likeness (QED) is 0.758. The first-order valence-corrected chi connectivity index (χ1v) is 6.31. The standard InChI is InChI=1S/C16H19NO2/c1-2-3-11-16(19)17(13-14-18)12-7-10-15-8-5-4-6-9-15/h1,4-10,18H,3,11-14H2/b10-7+. The van der Waals surface area contributed by atoms with E-state index in [0.717, 1.165) is 5.56 Å². The van der Waals surface area contributed by atoms with Crippen LogP contribution in [0.2, 0.25) is 0 Å². The van der Waals surface area contributed by atoms with Gasteiger partial charge in [-0.05, 0) is 5.56 Å². The Bertz CT molecular complexity index is 446. The lowest BCUT2D eigenvalue weighted by molar-refractivity contribution is -0.131. The van der Waals surface area contributed by atoms with Crippen LogP contribution in [0.4, 0.5) is 0 Å². The molecule has 19 heavy (non-hydrogen) atoms. The number of hydrogen-bond acceptors (Lipinski definition) is 2. The van der Waals surface area contributed by atoms with Crippen LogP contribution < -0.4 is 0 Å². The molecule has 0 aliphatic carbocycles. The SMILES string of the molecule is C#CCCC(=O)N(C/C=C/c1ccccc1)CCO. The van der Waals surface area contributed by atoms with E-state index in [9.17, 15) is 4.79 Å². The van der Waals surface area contributed by atoms with Crippen molar-refractivity contribution in [3.05, 3.63) is 42.0 Å². The van der Waals surface area contributed by atoms with E-state index >= 15 is 0 Å². The molecular formula is C16H19NO2. The molecule has 0 aliphatic heterocycles. The van der Waals surface area contributed by atoms with E-state index in [1.54, 1.807) is 4.90 Å². The normalized spacial score (nSPS) is 10.3. The lowest BCUT2D eigenvalue weighted by Gasteiger charge is -2.19. The van der Waals surface area contributed by atoms with Gasteiger partial charge in [0.2, 0.25) is 5.91 Å². The number of carbonyl (C=O) groups excluding carboxylic acids is 1. The van der Waals surface area contributed by atoms with Crippen molar-refractivity contribution in [3.8, 4) is 12.3 Å². The van der Waals surface area contributed by atoms with Gasteiger partial charge in [0, 0.05) is 25.9 Å². The van der Waals surface area contributed by atoms with Gasteiger partial charge in [0.15, 0.2) is 0 Å². The highest BCUT2D eigenvalue weighted by Gasteiger charge is 2.10. The van der Waals surface area contributed by atoms with Gasteiger partial charge in [0.05, 0.1) is 6.61 Å². The minimum atomic E-state index is -0.0407. The fourth-order valence-electron chi connectivity index (χ4n) is 1.66. The highest BCUT2D eigenvalue weighted by atomic mass is 16.3. The summed E-state index contributed by atoms with van der Waals surface area (Å²) in [5, 5.41) is 8.97. The summed E-state index contributed by atoms with van der Waals surface area (Å²) in [6, 6.07) is 9.87. The molecule has 3 heteroatoms. The lowest BCUT2D eigenvalue weighted by Crippen LogP contribution is -2.33. The molecule has 0 unspecified atom stereocenters. The summed E-state index contributed by atoms with van der Waals surface area (Å²) in [7, 11) is 0. The molecule has 0 radical (unpaired) electrons. The number of carbonyl (C=O) groups is 1. The molecule has 0 saturated carbocycles. The topological polar surface area (TPSA) is 40.5 Å². The Morgan fingerprint density at radius 1 is 1.37 bits per heavy atom. The maximum atomic E-state index is 11.8. The molecule has 0 spiro atoms. The number of aliphatic hydroxyl groups is 1. The van der Waals surface area contributed by atoms with Crippen molar-refractivity contribution in [2.24, 2.45) is 0 Å². The monoisotopic (exact) mass is 257 g/mol. The number of aliphatic hydroxyl groups excluding tert-OH is 1. The van der Waals surface area contributed by atoms with Gasteiger partial charge in [-0.25, -0.2) is 0 Å². The highest BCUT2D eigenvalue weighted by molar-refractivity contribution is 5.76. The van der Waals surface area contributed by atoms with E-state index in [2.05, 4.69) is 5.92 Å². The average Bonchev–Trinajstić information content (AvgIpc) is 2.45. The van der Waals surface area contributed by atoms with Crippen molar-refractivity contribution in [1.82, 2.24) is 4.90 Å². The Morgan fingerprint density at radius 3 is 2.74 bits per heavy atom. The second-order valence-electron chi connectivity index (χ2n) is 4.08. The number of hydrogen-bond donors (Lipinski definition) is 1. The van der Waals surface area contributed by atoms with Gasteiger partial charge in [0.1, 0.15) is 0 Å². The summed E-state index contributed by atoms with van der Waals surface area (Å²) >= 11 is 0. The van der Waals surface area contributed by atoms with Crippen LogP contribution >= 0.6 is 0 Å². The van der Waals surface area contributed by atoms with Crippen LogP contribution in [0.1, 0.15) is 18.4 Å². The smallest absolute Gasteiger partial charge is 0.223 e. The number of rotatable bonds is 7. The molecule has 1 N–H and O–H groups in total. The molecule has 0 heterocycles. The Balaban J connectivity index is 2.52. The predicted octanol–water partition coefficient (Wildman–Crippen LogP) is 1.93. The van der Waals surface area contributed by atoms with Gasteiger partial charge in [-0.1, -0.05) is 42.5 Å². The summed E-state index contributed by atoms with van der Waals surface area (Å²) in [5.74, 6) is 2.43. The van der Waals surface area contributed by atoms with Crippen molar-refractivity contribution >= 4 is 12.0 Å². The van der Waals surface area contributed by atoms with Gasteiger partial charge in [-0.3, -0.25) is 4.79 Å². The van der Waals surface area contributed by atoms with Gasteiger partial charge in [0.25, 0.3) is 0 Å². The Hall–Kier alpha value is -2.05. The number of nitrogens with zero attached hydrogens (tertiary/aromatic N) is 1. The van der Waals surface area contributed by atoms with Crippen LogP contribution in [0, 0.1) is 12.3 Å². The Kier molecular flexibility index (Phi) is 7.08. The van der Waals surface area contributed by atoms with Crippen molar-refractivity contribution in [3.63, 3.8) is 0 Å². The largest absolute Gasteiger partial charge is 0.395 e. The fraction of sp³-hybridized carbons (Fsp3) is 0.312. The molecule has 0 aliphatic rings. The minimum Gasteiger partial charge on any atom is -0.395 e. The minimum absolute atomic E-state index is 0.0234. The van der Waals surface area contributed by atoms with Gasteiger partial charge in [-0.15, -0.1) is 12.3 Å². The molecule has 0 bridgehead atoms. The van der Waals surface area contributed by atoms with E-state index in [-0.39, 0.29) is 12.5 Å². The Morgan fingerprint density at radius 2 is 2.11 bits per heavy atom. The molecule has 0 aromatic heterocycles. The van der Waals surface area contributed by atoms with E-state index in [4.69, 9.17) is 11.5 Å². The molecule has 1 amide bonds. The van der Waals surface area contributed by atoms with E-state index in [1.165, 1.54) is 0 Å². The summed E-state index contributed by atoms with van der Waals surface area (Å²) < 4.78 is 0. The average molecular weight is 257 g/mol. The zero-order valence-electron chi connectivity index (χ0n) is 11.0. The summed E-state index contributed by atoms with van der Waals surface area (Å²) in [4.78, 5) is 13.4. The first-order chi connectivity index (χ1) is 9.27. The Labute approximate surface area is 114 Å². The second-order valence-corrected chi connectivity index (χ2v) is 4.08. The third-order valence-electron chi connectivity index (χ3n) is 2.64. The first-order valence-electron chi connectivity index (χ1n) is 6.31. The summed E-state index contributed by atoms with van der Waals surface area (Å²) in [5.41, 5.74) is 1.09. The van der Waals surface area contributed by atoms with Crippen molar-refractivity contribution in [1.29, 1.82) is 0 Å². The zero-order chi connectivity index (χ0) is 13.9. The number of amides is 1. The first kappa shape index (κ1) is 15.0. The van der Waals surface area contributed by atoms with Crippen molar-refractivity contribution < 1.29 is 9.90 Å². The van der Waals surface area contributed by atoms with E-state index in [0.29, 0.717) is 25.9 Å². The van der Waals surface area contributed by atoms with Crippen molar-refractivity contribution in [2.75, 3.05) is 19.7 Å². The highest BCUT2D eigenvalue weighted by Crippen LogP contribution is 2.03. The van der Waals surface area contributed by atoms with Gasteiger partial charge >= 0.3 is 0 Å². The molecule has 3 nitrogen and oxygen atoms in total. The summed E-state index contributed by atoms with van der Waals surface area (Å²) in [6.45, 7) is 0.780. The van der Waals surface area contributed by atoms with Crippen LogP contribution in [0.25, 0.3) is 6.08 Å². The second kappa shape index (κ2) is 8.96. The third kappa shape index (κ3) is 5.89. The van der Waals surface area contributed by atoms with Crippen LogP contribution in [0.3, 0.4) is 0 Å². The lowest BCUT2D eigenvalue weighted by atomic mass is 10.2. The predicted molar refractivity (Wildman–Crippen MR) is 77.2 cm³/mol. The zero-order valence-corrected chi connectivity index (χ0v) is 11.0. The van der Waals surface area contributed by atoms with E-state index in [1.807, 2.05) is 42.5 Å². The van der Waals surface area contributed by atoms with Gasteiger partial charge in [-0.2, -0.15) is 0 Å². The molecule has 0 atom stereocenters. The van der Waals surface area contributed by atoms with Gasteiger partial charge < -0.3 is 10.0 Å². The maximum absolute atomic E-state index is 11.8. The third-order valence-corrected chi connectivity index (χ3v) is 2.64. The van der Waals surface area contributed by atoms with Crippen LogP contribution in [0.15, 0.2) is 36.4 Å². The molecule has 1 aromatic rings. The molecule has 1 rings (SSSR count). The molecular weight excluding hydrogens is 238 g/mol. The maximum Gasteiger partial charge on any atom is 0.223 e. The molecule has 1 aromatic carbocycles. The number of benzene rings is 1. The van der Waals surface area contributed by atoms with Crippen LogP contribution in [-0.2, 0) is 4.79 Å².